The van der Waals surface area contributed by atoms with Gasteiger partial charge in [-0.25, -0.2) is 4.79 Å². The minimum Gasteiger partial charge on any atom is -0.475 e. The van der Waals surface area contributed by atoms with Gasteiger partial charge in [0, 0.05) is 19.2 Å². The van der Waals surface area contributed by atoms with Gasteiger partial charge in [-0.15, -0.1) is 0 Å². The number of β-amino-alcohol motifs (C(OH)–C–C–N with tert-alkyl or cyclic N) is 1. The lowest BCUT2D eigenvalue weighted by Gasteiger charge is -2.35. The van der Waals surface area contributed by atoms with Crippen LogP contribution in [0.1, 0.15) is 10.6 Å². The van der Waals surface area contributed by atoms with Crippen molar-refractivity contribution in [3.63, 3.8) is 0 Å². The molecule has 0 aliphatic carbocycles. The van der Waals surface area contributed by atoms with Crippen LogP contribution in [0, 0.1) is 0 Å². The summed E-state index contributed by atoms with van der Waals surface area (Å²) in [6.07, 6.45) is -0.321. The molecule has 2 N–H and O–H groups in total. The molecule has 0 spiro atoms. The molecule has 0 aromatic carbocycles. The quantitative estimate of drug-likeness (QED) is 0.683. The maximum Gasteiger partial charge on any atom is 0.371 e. The molecule has 0 saturated carbocycles. The number of furan rings is 1. The van der Waals surface area contributed by atoms with E-state index in [1.54, 1.807) is 11.0 Å². The van der Waals surface area contributed by atoms with E-state index >= 15 is 0 Å². The van der Waals surface area contributed by atoms with E-state index in [1.165, 1.54) is 6.07 Å². The van der Waals surface area contributed by atoms with Crippen LogP contribution in [-0.2, 0) is 0 Å². The normalized spacial score (nSPS) is 17.2. The molecule has 0 radical (unpaired) electrons. The highest BCUT2D eigenvalue weighted by atomic mass is 16.4. The molecule has 1 aliphatic rings. The van der Waals surface area contributed by atoms with E-state index in [9.17, 15) is 4.79 Å². The highest BCUT2D eigenvalue weighted by molar-refractivity contribution is 5.84. The molecule has 1 saturated heterocycles. The Morgan fingerprint density at radius 3 is 2.69 bits per heavy atom. The minimum absolute atomic E-state index is 0.0728. The number of aliphatic hydroxyl groups is 1. The van der Waals surface area contributed by atoms with Crippen LogP contribution in [0.15, 0.2) is 16.5 Å². The standard InChI is InChI=1S/C8H9NO4/c10-5-3-9(4-5)7-2-1-6(13-7)8(11)12/h1-2,5,10H,3-4H2,(H,11,12). The number of nitrogens with zero attached hydrogens (tertiary/aromatic N) is 1. The Kier molecular flexibility index (Phi) is 1.73. The molecule has 1 aromatic rings. The van der Waals surface area contributed by atoms with E-state index < -0.39 is 5.97 Å². The average Bonchev–Trinajstić information content (AvgIpc) is 2.46. The largest absolute Gasteiger partial charge is 0.475 e. The van der Waals surface area contributed by atoms with Gasteiger partial charge in [-0.3, -0.25) is 0 Å². The van der Waals surface area contributed by atoms with E-state index in [0.717, 1.165) is 0 Å². The number of anilines is 1. The summed E-state index contributed by atoms with van der Waals surface area (Å²) in [5, 5.41) is 17.6. The molecule has 0 unspecified atom stereocenters. The molecule has 2 heterocycles. The van der Waals surface area contributed by atoms with Crippen molar-refractivity contribution < 1.29 is 19.4 Å². The second-order valence-electron chi connectivity index (χ2n) is 3.00. The predicted molar refractivity (Wildman–Crippen MR) is 43.9 cm³/mol. The zero-order valence-corrected chi connectivity index (χ0v) is 6.80. The molecule has 0 amide bonds. The van der Waals surface area contributed by atoms with Crippen LogP contribution in [-0.4, -0.2) is 35.4 Å². The van der Waals surface area contributed by atoms with Crippen LogP contribution >= 0.6 is 0 Å². The van der Waals surface area contributed by atoms with Gasteiger partial charge in [-0.2, -0.15) is 0 Å². The summed E-state index contributed by atoms with van der Waals surface area (Å²) in [6.45, 7) is 1.01. The van der Waals surface area contributed by atoms with E-state index in [-0.39, 0.29) is 11.9 Å². The maximum absolute atomic E-state index is 10.4. The Hall–Kier alpha value is -1.49. The fourth-order valence-electron chi connectivity index (χ4n) is 1.25. The molecule has 1 aliphatic heterocycles. The monoisotopic (exact) mass is 183 g/mol. The van der Waals surface area contributed by atoms with Crippen LogP contribution in [0.5, 0.6) is 0 Å². The lowest BCUT2D eigenvalue weighted by Crippen LogP contribution is -2.50. The zero-order valence-electron chi connectivity index (χ0n) is 6.80. The molecule has 5 nitrogen and oxygen atoms in total. The first-order valence-corrected chi connectivity index (χ1v) is 3.93. The molecule has 2 rings (SSSR count). The third kappa shape index (κ3) is 1.38. The summed E-state index contributed by atoms with van der Waals surface area (Å²) in [5.74, 6) is -0.647. The van der Waals surface area contributed by atoms with Crippen molar-refractivity contribution >= 4 is 11.9 Å². The molecule has 70 valence electrons. The van der Waals surface area contributed by atoms with E-state index in [2.05, 4.69) is 0 Å². The van der Waals surface area contributed by atoms with Crippen LogP contribution in [0.2, 0.25) is 0 Å². The van der Waals surface area contributed by atoms with Gasteiger partial charge in [0.1, 0.15) is 0 Å². The summed E-state index contributed by atoms with van der Waals surface area (Å²) in [5.41, 5.74) is 0. The van der Waals surface area contributed by atoms with Crippen molar-refractivity contribution in [3.05, 3.63) is 17.9 Å². The molecular formula is C8H9NO4. The van der Waals surface area contributed by atoms with E-state index in [1.807, 2.05) is 0 Å². The zero-order chi connectivity index (χ0) is 9.42. The molecule has 0 atom stereocenters. The number of aliphatic hydroxyl groups excluding tert-OH is 1. The molecular weight excluding hydrogens is 174 g/mol. The smallest absolute Gasteiger partial charge is 0.371 e. The lowest BCUT2D eigenvalue weighted by molar-refractivity contribution is 0.0662. The number of carboxylic acid groups (broad SMARTS) is 1. The van der Waals surface area contributed by atoms with Crippen LogP contribution in [0.4, 0.5) is 5.88 Å². The molecule has 5 heteroatoms. The fourth-order valence-corrected chi connectivity index (χ4v) is 1.25. The maximum atomic E-state index is 10.4. The van der Waals surface area contributed by atoms with Crippen molar-refractivity contribution in [3.8, 4) is 0 Å². The first-order valence-electron chi connectivity index (χ1n) is 3.93. The molecule has 1 aromatic heterocycles. The van der Waals surface area contributed by atoms with Gasteiger partial charge in [-0.1, -0.05) is 0 Å². The summed E-state index contributed by atoms with van der Waals surface area (Å²) < 4.78 is 5.01. The van der Waals surface area contributed by atoms with Crippen molar-refractivity contribution in [2.24, 2.45) is 0 Å². The average molecular weight is 183 g/mol. The first-order chi connectivity index (χ1) is 6.16. The van der Waals surface area contributed by atoms with Crippen molar-refractivity contribution in [2.75, 3.05) is 18.0 Å². The van der Waals surface area contributed by atoms with Crippen LogP contribution in [0.25, 0.3) is 0 Å². The Morgan fingerprint density at radius 1 is 1.54 bits per heavy atom. The Morgan fingerprint density at radius 2 is 2.23 bits per heavy atom. The summed E-state index contributed by atoms with van der Waals surface area (Å²) >= 11 is 0. The SMILES string of the molecule is O=C(O)c1ccc(N2CC(O)C2)o1. The second-order valence-corrected chi connectivity index (χ2v) is 3.00. The van der Waals surface area contributed by atoms with Crippen molar-refractivity contribution in [2.45, 2.75) is 6.10 Å². The highest BCUT2D eigenvalue weighted by Crippen LogP contribution is 2.23. The molecule has 13 heavy (non-hydrogen) atoms. The Bertz CT molecular complexity index is 327. The minimum atomic E-state index is -1.08. The van der Waals surface area contributed by atoms with E-state index in [4.69, 9.17) is 14.6 Å². The Labute approximate surface area is 74.2 Å². The van der Waals surface area contributed by atoms with Gasteiger partial charge < -0.3 is 19.5 Å². The third-order valence-electron chi connectivity index (χ3n) is 1.98. The topological polar surface area (TPSA) is 73.9 Å². The number of carboxylic acids is 1. The van der Waals surface area contributed by atoms with Gasteiger partial charge in [0.25, 0.3) is 0 Å². The van der Waals surface area contributed by atoms with Gasteiger partial charge in [0.15, 0.2) is 5.88 Å². The van der Waals surface area contributed by atoms with Crippen molar-refractivity contribution in [1.29, 1.82) is 0 Å². The molecule has 1 fully saturated rings. The lowest BCUT2D eigenvalue weighted by atomic mass is 10.2. The number of aromatic carboxylic acids is 1. The van der Waals surface area contributed by atoms with Crippen LogP contribution < -0.4 is 4.90 Å². The summed E-state index contributed by atoms with van der Waals surface area (Å²) in [7, 11) is 0. The Balaban J connectivity index is 2.10. The van der Waals surface area contributed by atoms with E-state index in [0.29, 0.717) is 19.0 Å². The molecule has 0 bridgehead atoms. The number of hydrogen-bond donors (Lipinski definition) is 2. The summed E-state index contributed by atoms with van der Waals surface area (Å²) in [4.78, 5) is 12.2. The highest BCUT2D eigenvalue weighted by Gasteiger charge is 2.27. The van der Waals surface area contributed by atoms with Gasteiger partial charge in [-0.05, 0) is 6.07 Å². The number of carbonyl (C=O) groups is 1. The van der Waals surface area contributed by atoms with Crippen LogP contribution in [0.3, 0.4) is 0 Å². The first kappa shape index (κ1) is 8.12. The number of rotatable bonds is 2. The van der Waals surface area contributed by atoms with Gasteiger partial charge in [0.2, 0.25) is 5.76 Å². The van der Waals surface area contributed by atoms with Gasteiger partial charge >= 0.3 is 5.97 Å². The summed E-state index contributed by atoms with van der Waals surface area (Å²) in [6, 6.07) is 3.00. The number of hydrogen-bond acceptors (Lipinski definition) is 4. The van der Waals surface area contributed by atoms with Gasteiger partial charge in [0.05, 0.1) is 6.10 Å². The fraction of sp³-hybridized carbons (Fsp3) is 0.375. The third-order valence-corrected chi connectivity index (χ3v) is 1.98. The van der Waals surface area contributed by atoms with Crippen molar-refractivity contribution in [1.82, 2.24) is 0 Å². The second kappa shape index (κ2) is 2.77. The predicted octanol–water partition coefficient (Wildman–Crippen LogP) is 0.159.